The first-order valence-electron chi connectivity index (χ1n) is 12.0. The van der Waals surface area contributed by atoms with Gasteiger partial charge < -0.3 is 20.1 Å². The molecule has 0 aliphatic carbocycles. The number of carbonyl (C=O) groups is 1. The molecule has 0 aromatic heterocycles. The van der Waals surface area contributed by atoms with E-state index >= 15 is 0 Å². The Hall–Kier alpha value is -3.47. The van der Waals surface area contributed by atoms with Crippen LogP contribution >= 0.6 is 0 Å². The van der Waals surface area contributed by atoms with Crippen molar-refractivity contribution in [2.45, 2.75) is 73.3 Å². The first-order chi connectivity index (χ1) is 16.5. The summed E-state index contributed by atoms with van der Waals surface area (Å²) in [4.78, 5) is 13.3. The number of fused-ring (bicyclic) bond motifs is 1. The molecule has 1 aliphatic rings. The molecule has 1 aliphatic heterocycles. The number of benzene rings is 2. The van der Waals surface area contributed by atoms with Crippen LogP contribution in [0.3, 0.4) is 0 Å². The highest BCUT2D eigenvalue weighted by Crippen LogP contribution is 2.48. The van der Waals surface area contributed by atoms with Gasteiger partial charge in [-0.15, -0.1) is 0 Å². The number of ketones is 1. The van der Waals surface area contributed by atoms with Gasteiger partial charge in [-0.1, -0.05) is 41.0 Å². The first-order valence-corrected chi connectivity index (χ1v) is 12.0. The number of hydrogen-bond acceptors (Lipinski definition) is 5. The number of hydrogen-bond donors (Lipinski definition) is 3. The molecule has 5 heteroatoms. The number of carbonyl (C=O) groups excluding carboxylic acids is 1. The molecule has 0 spiro atoms. The van der Waals surface area contributed by atoms with Gasteiger partial charge >= 0.3 is 0 Å². The van der Waals surface area contributed by atoms with Gasteiger partial charge in [0.25, 0.3) is 0 Å². The van der Waals surface area contributed by atoms with E-state index in [1.807, 2.05) is 65.8 Å². The SMILES string of the molecule is CC(C)=CCc1cc([C@@H]2CC(=O)c3c(O)c(CC=C(C)C)c(O)c(CC=C(C)C)c3O2)ccc1O. The topological polar surface area (TPSA) is 87.0 Å². The summed E-state index contributed by atoms with van der Waals surface area (Å²) in [7, 11) is 0. The van der Waals surface area contributed by atoms with Crippen LogP contribution in [0.25, 0.3) is 0 Å². The maximum absolute atomic E-state index is 13.3. The van der Waals surface area contributed by atoms with Crippen molar-refractivity contribution in [3.05, 3.63) is 81.0 Å². The van der Waals surface area contributed by atoms with Gasteiger partial charge in [0.15, 0.2) is 5.78 Å². The number of ether oxygens (including phenoxy) is 1. The summed E-state index contributed by atoms with van der Waals surface area (Å²) in [5.74, 6) is -0.0607. The van der Waals surface area contributed by atoms with Gasteiger partial charge in [0.2, 0.25) is 0 Å². The Bertz CT molecular complexity index is 1220. The summed E-state index contributed by atoms with van der Waals surface area (Å²) in [5.41, 5.74) is 5.75. The van der Waals surface area contributed by atoms with Crippen molar-refractivity contribution in [2.24, 2.45) is 0 Å². The van der Waals surface area contributed by atoms with E-state index in [1.54, 1.807) is 12.1 Å². The zero-order valence-electron chi connectivity index (χ0n) is 21.5. The van der Waals surface area contributed by atoms with E-state index < -0.39 is 6.10 Å². The van der Waals surface area contributed by atoms with Crippen LogP contribution in [0.2, 0.25) is 0 Å². The van der Waals surface area contributed by atoms with Crippen molar-refractivity contribution in [2.75, 3.05) is 0 Å². The number of allylic oxidation sites excluding steroid dienone is 6. The van der Waals surface area contributed by atoms with E-state index in [-0.39, 0.29) is 40.8 Å². The molecule has 3 N–H and O–H groups in total. The molecule has 35 heavy (non-hydrogen) atoms. The highest BCUT2D eigenvalue weighted by atomic mass is 16.5. The van der Waals surface area contributed by atoms with Gasteiger partial charge in [-0.05, 0) is 84.1 Å². The van der Waals surface area contributed by atoms with Gasteiger partial charge in [-0.2, -0.15) is 0 Å². The van der Waals surface area contributed by atoms with Gasteiger partial charge in [0.1, 0.15) is 34.7 Å². The quantitative estimate of drug-likeness (QED) is 0.373. The second kappa shape index (κ2) is 10.9. The average Bonchev–Trinajstić information content (AvgIpc) is 2.77. The molecule has 3 rings (SSSR count). The van der Waals surface area contributed by atoms with Crippen molar-refractivity contribution in [1.82, 2.24) is 0 Å². The molecular weight excluding hydrogens is 440 g/mol. The molecule has 1 atom stereocenters. The fraction of sp³-hybridized carbons (Fsp3) is 0.367. The van der Waals surface area contributed by atoms with E-state index in [1.165, 1.54) is 0 Å². The normalized spacial score (nSPS) is 14.6. The molecule has 0 bridgehead atoms. The summed E-state index contributed by atoms with van der Waals surface area (Å²) in [6, 6.07) is 5.23. The van der Waals surface area contributed by atoms with Crippen LogP contribution in [0.15, 0.2) is 53.1 Å². The van der Waals surface area contributed by atoms with E-state index in [2.05, 4.69) is 0 Å². The fourth-order valence-electron chi connectivity index (χ4n) is 4.12. The standard InChI is InChI=1S/C30H36O5/c1-17(2)7-10-20-15-21(11-14-24(20)31)26-16-25(32)27-29(34)22(12-8-18(3)4)28(33)23(30(27)35-26)13-9-19(5)6/h7-9,11,14-15,26,31,33-34H,10,12-13,16H2,1-6H3/t26-/m0/s1. The Kier molecular flexibility index (Phi) is 8.11. The lowest BCUT2D eigenvalue weighted by Crippen LogP contribution is -2.22. The van der Waals surface area contributed by atoms with Crippen LogP contribution in [0.1, 0.15) is 86.7 Å². The van der Waals surface area contributed by atoms with Crippen molar-refractivity contribution < 1.29 is 24.9 Å². The second-order valence-corrected chi connectivity index (χ2v) is 9.94. The second-order valence-electron chi connectivity index (χ2n) is 9.94. The Labute approximate surface area is 208 Å². The van der Waals surface area contributed by atoms with E-state index in [0.717, 1.165) is 27.8 Å². The number of rotatable bonds is 7. The zero-order valence-corrected chi connectivity index (χ0v) is 21.5. The molecule has 0 fully saturated rings. The minimum Gasteiger partial charge on any atom is -0.508 e. The largest absolute Gasteiger partial charge is 0.508 e. The molecule has 186 valence electrons. The average molecular weight is 477 g/mol. The molecule has 0 saturated heterocycles. The Morgan fingerprint density at radius 3 is 2.03 bits per heavy atom. The third-order valence-corrected chi connectivity index (χ3v) is 6.14. The summed E-state index contributed by atoms with van der Waals surface area (Å²) >= 11 is 0. The molecule has 0 unspecified atom stereocenters. The van der Waals surface area contributed by atoms with E-state index in [9.17, 15) is 20.1 Å². The van der Waals surface area contributed by atoms with Crippen LogP contribution in [0.4, 0.5) is 0 Å². The molecular formula is C30H36O5. The predicted molar refractivity (Wildman–Crippen MR) is 140 cm³/mol. The van der Waals surface area contributed by atoms with Crippen LogP contribution in [0, 0.1) is 0 Å². The Balaban J connectivity index is 2.11. The van der Waals surface area contributed by atoms with Crippen molar-refractivity contribution in [3.63, 3.8) is 0 Å². The van der Waals surface area contributed by atoms with Crippen LogP contribution in [-0.4, -0.2) is 21.1 Å². The minimum absolute atomic E-state index is 0.0420. The zero-order chi connectivity index (χ0) is 25.9. The molecule has 2 aromatic rings. The molecule has 1 heterocycles. The van der Waals surface area contributed by atoms with E-state index in [0.29, 0.717) is 30.4 Å². The third kappa shape index (κ3) is 5.97. The van der Waals surface area contributed by atoms with Crippen molar-refractivity contribution >= 4 is 5.78 Å². The lowest BCUT2D eigenvalue weighted by Gasteiger charge is -2.29. The number of phenolic OH excluding ortho intramolecular Hbond substituents is 3. The van der Waals surface area contributed by atoms with Gasteiger partial charge in [-0.3, -0.25) is 4.79 Å². The number of phenols is 3. The Morgan fingerprint density at radius 2 is 1.43 bits per heavy atom. The summed E-state index contributed by atoms with van der Waals surface area (Å²) < 4.78 is 6.33. The highest BCUT2D eigenvalue weighted by molar-refractivity contribution is 6.04. The lowest BCUT2D eigenvalue weighted by atomic mass is 9.88. The van der Waals surface area contributed by atoms with Crippen LogP contribution < -0.4 is 4.74 Å². The van der Waals surface area contributed by atoms with Gasteiger partial charge in [0.05, 0.1) is 6.42 Å². The molecule has 2 aromatic carbocycles. The fourth-order valence-corrected chi connectivity index (χ4v) is 4.12. The van der Waals surface area contributed by atoms with Crippen molar-refractivity contribution in [3.8, 4) is 23.0 Å². The number of Topliss-reactive ketones (excluding diaryl/α,β-unsaturated/α-hetero) is 1. The smallest absolute Gasteiger partial charge is 0.174 e. The third-order valence-electron chi connectivity index (χ3n) is 6.14. The maximum Gasteiger partial charge on any atom is 0.174 e. The molecule has 0 radical (unpaired) electrons. The first kappa shape index (κ1) is 26.1. The monoisotopic (exact) mass is 476 g/mol. The summed E-state index contributed by atoms with van der Waals surface area (Å²) in [5, 5.41) is 32.5. The summed E-state index contributed by atoms with van der Waals surface area (Å²) in [6.07, 6.45) is 6.64. The van der Waals surface area contributed by atoms with Crippen LogP contribution in [0.5, 0.6) is 23.0 Å². The maximum atomic E-state index is 13.3. The van der Waals surface area contributed by atoms with Gasteiger partial charge in [-0.25, -0.2) is 0 Å². The van der Waals surface area contributed by atoms with Crippen molar-refractivity contribution in [1.29, 1.82) is 0 Å². The lowest BCUT2D eigenvalue weighted by molar-refractivity contribution is 0.0842. The molecule has 0 amide bonds. The van der Waals surface area contributed by atoms with E-state index in [4.69, 9.17) is 4.74 Å². The minimum atomic E-state index is -0.589. The summed E-state index contributed by atoms with van der Waals surface area (Å²) in [6.45, 7) is 11.8. The molecule has 0 saturated carbocycles. The molecule has 5 nitrogen and oxygen atoms in total. The number of aromatic hydroxyl groups is 3. The van der Waals surface area contributed by atoms with Crippen LogP contribution in [-0.2, 0) is 19.3 Å². The van der Waals surface area contributed by atoms with Gasteiger partial charge in [0, 0.05) is 11.1 Å². The Morgan fingerprint density at radius 1 is 0.857 bits per heavy atom. The predicted octanol–water partition coefficient (Wildman–Crippen LogP) is 7.04. The highest BCUT2D eigenvalue weighted by Gasteiger charge is 2.35.